The maximum absolute atomic E-state index is 5.79. The molecule has 10 heteroatoms. The zero-order chi connectivity index (χ0) is 37.1. The highest BCUT2D eigenvalue weighted by Crippen LogP contribution is 2.23. The Bertz CT molecular complexity index is 1700. The van der Waals surface area contributed by atoms with Gasteiger partial charge in [-0.05, 0) is 49.0 Å². The topological polar surface area (TPSA) is 143 Å². The van der Waals surface area contributed by atoms with Crippen LogP contribution in [-0.4, -0.2) is 37.2 Å². The van der Waals surface area contributed by atoms with Crippen LogP contribution in [0.5, 0.6) is 17.2 Å². The second-order valence-corrected chi connectivity index (χ2v) is 10.7. The molecule has 0 saturated heterocycles. The van der Waals surface area contributed by atoms with Crippen molar-refractivity contribution < 1.29 is 27.9 Å². The van der Waals surface area contributed by atoms with Crippen LogP contribution in [0.3, 0.4) is 0 Å². The molecule has 0 amide bonds. The van der Waals surface area contributed by atoms with Crippen molar-refractivity contribution in [1.29, 1.82) is 0 Å². The van der Waals surface area contributed by atoms with Crippen LogP contribution < -0.4 is 46.3 Å². The lowest BCUT2D eigenvalue weighted by atomic mass is 10.2. The lowest BCUT2D eigenvalue weighted by molar-refractivity contribution is -0.697. The van der Waals surface area contributed by atoms with E-state index in [0.717, 1.165) is 48.9 Å². The van der Waals surface area contributed by atoms with Crippen LogP contribution in [0.4, 0.5) is 22.7 Å². The van der Waals surface area contributed by atoms with E-state index in [9.17, 15) is 0 Å². The molecule has 0 unspecified atom stereocenters. The fraction of sp³-hybridized carbons (Fsp3) is 0.244. The fourth-order valence-corrected chi connectivity index (χ4v) is 4.36. The molecular weight excluding hydrogens is 638 g/mol. The number of nitrogens with two attached hydrogens (primary N) is 4. The summed E-state index contributed by atoms with van der Waals surface area (Å²) in [5, 5.41) is 0. The molecule has 8 N–H and O–H groups in total. The van der Waals surface area contributed by atoms with Gasteiger partial charge in [0, 0.05) is 59.9 Å². The van der Waals surface area contributed by atoms with Crippen molar-refractivity contribution >= 4 is 29.0 Å². The molecule has 5 aromatic rings. The summed E-state index contributed by atoms with van der Waals surface area (Å²) in [5.41, 5.74) is 25.4. The molecule has 0 aliphatic carbocycles. The van der Waals surface area contributed by atoms with E-state index in [1.807, 2.05) is 133 Å². The van der Waals surface area contributed by atoms with E-state index in [1.165, 1.54) is 0 Å². The Kier molecular flexibility index (Phi) is 20.2. The zero-order valence-corrected chi connectivity index (χ0v) is 30.3. The summed E-state index contributed by atoms with van der Waals surface area (Å²) in [4.78, 5) is 0. The van der Waals surface area contributed by atoms with E-state index in [-0.39, 0.29) is 0 Å². The predicted octanol–water partition coefficient (Wildman–Crippen LogP) is 6.16. The van der Waals surface area contributed by atoms with Crippen LogP contribution in [0.1, 0.15) is 27.2 Å². The van der Waals surface area contributed by atoms with Gasteiger partial charge in [0.2, 0.25) is 0 Å². The Morgan fingerprint density at radius 2 is 1.10 bits per heavy atom. The molecule has 51 heavy (non-hydrogen) atoms. The summed E-state index contributed by atoms with van der Waals surface area (Å²) >= 11 is 0. The number of anilines is 4. The second-order valence-electron chi connectivity index (χ2n) is 10.7. The number of ether oxygens (including phenoxy) is 3. The van der Waals surface area contributed by atoms with Crippen LogP contribution >= 0.6 is 0 Å². The Hall–Kier alpha value is -6.03. The van der Waals surface area contributed by atoms with Gasteiger partial charge < -0.3 is 37.1 Å². The van der Waals surface area contributed by atoms with Gasteiger partial charge in [-0.25, -0.2) is 13.7 Å². The van der Waals surface area contributed by atoms with Crippen molar-refractivity contribution in [2.45, 2.75) is 40.3 Å². The van der Waals surface area contributed by atoms with Crippen molar-refractivity contribution in [3.63, 3.8) is 0 Å². The van der Waals surface area contributed by atoms with Crippen LogP contribution in [0, 0.1) is 0 Å². The maximum Gasteiger partial charge on any atom is 0.182 e. The summed E-state index contributed by atoms with van der Waals surface area (Å²) in [6.45, 7) is 14.1. The van der Waals surface area contributed by atoms with Gasteiger partial charge in [-0.3, -0.25) is 0 Å². The highest BCUT2D eigenvalue weighted by Gasteiger charge is 2.04. The zero-order valence-electron chi connectivity index (χ0n) is 30.3. The maximum atomic E-state index is 5.79. The van der Waals surface area contributed by atoms with Crippen molar-refractivity contribution in [2.75, 3.05) is 49.3 Å². The number of nitrogen functional groups attached to an aromatic ring is 4. The highest BCUT2D eigenvalue weighted by atomic mass is 16.5. The molecule has 5 rings (SSSR count). The Morgan fingerprint density at radius 3 is 1.57 bits per heavy atom. The number of hydrogen-bond acceptors (Lipinski definition) is 7. The molecule has 0 radical (unpaired) electrons. The number of hydrogen-bond donors (Lipinski definition) is 4. The van der Waals surface area contributed by atoms with E-state index in [2.05, 4.69) is 24.3 Å². The molecule has 2 aromatic heterocycles. The van der Waals surface area contributed by atoms with Crippen molar-refractivity contribution in [1.82, 2.24) is 0 Å². The number of nitrogens with zero attached hydrogens (tertiary/aromatic N) is 3. The van der Waals surface area contributed by atoms with E-state index in [4.69, 9.17) is 37.1 Å². The second kappa shape index (κ2) is 25.0. The minimum atomic E-state index is 0.572. The van der Waals surface area contributed by atoms with Gasteiger partial charge in [0.05, 0.1) is 5.69 Å². The molecule has 0 spiro atoms. The lowest BCUT2D eigenvalue weighted by Gasteiger charge is -2.07. The molecule has 270 valence electrons. The molecule has 3 aromatic carbocycles. The third-order valence-corrected chi connectivity index (χ3v) is 6.80. The molecule has 0 bridgehead atoms. The van der Waals surface area contributed by atoms with E-state index in [1.54, 1.807) is 24.4 Å². The molecule has 0 atom stereocenters. The van der Waals surface area contributed by atoms with Gasteiger partial charge in [-0.2, -0.15) is 0 Å². The minimum Gasteiger partial charge on any atom is -0.487 e. The van der Waals surface area contributed by atoms with E-state index < -0.39 is 0 Å². The van der Waals surface area contributed by atoms with Gasteiger partial charge >= 0.3 is 0 Å². The van der Waals surface area contributed by atoms with Crippen LogP contribution in [0.15, 0.2) is 141 Å². The van der Waals surface area contributed by atoms with E-state index in [0.29, 0.717) is 36.9 Å². The number of pyridine rings is 2. The summed E-state index contributed by atoms with van der Waals surface area (Å²) in [5.74, 6) is 2.30. The largest absolute Gasteiger partial charge is 0.487 e. The van der Waals surface area contributed by atoms with Crippen LogP contribution in [0.2, 0.25) is 0 Å². The Morgan fingerprint density at radius 1 is 0.608 bits per heavy atom. The van der Waals surface area contributed by atoms with Crippen molar-refractivity contribution in [3.8, 4) is 17.2 Å². The molecule has 2 heterocycles. The summed E-state index contributed by atoms with van der Waals surface area (Å²) in [6, 6.07) is 32.1. The first-order valence-electron chi connectivity index (χ1n) is 17.2. The van der Waals surface area contributed by atoms with Gasteiger partial charge in [0.1, 0.15) is 43.3 Å². The first kappa shape index (κ1) is 41.1. The SMILES string of the molecule is C=C[N+](=CCC)CCOc1cccc(N)c1.CC.Nc1ccc(OCC[n+]2ccccc2)c(N)c1.Nc1cccc(OCC[n+]2ccccc2)c1. The standard InChI is InChI=1S/C13H16N3O.C13H15N2O.C13H19N2O.C2H6/c14-11-4-5-13(12(15)10-11)17-9-8-16-6-2-1-3-7-16;14-12-5-4-6-13(11-12)16-10-9-15-7-2-1-3-8-15;1-3-8-15(4-2)9-10-16-13-7-5-6-12(14)11-13;1-2/h1-7,10H,8-9,14-15H2;1-8,11H,9-10,14H2;4-8,11H,2-3,9-10,14H2,1H3;1-2H3/q3*+1;. The number of rotatable bonds is 14. The van der Waals surface area contributed by atoms with Gasteiger partial charge in [0.25, 0.3) is 0 Å². The fourth-order valence-electron chi connectivity index (χ4n) is 4.36. The molecule has 0 aliphatic heterocycles. The van der Waals surface area contributed by atoms with Gasteiger partial charge in [-0.15, -0.1) is 0 Å². The third kappa shape index (κ3) is 17.8. The first-order valence-corrected chi connectivity index (χ1v) is 17.2. The molecule has 0 aliphatic rings. The van der Waals surface area contributed by atoms with Crippen molar-refractivity contribution in [2.24, 2.45) is 0 Å². The quantitative estimate of drug-likeness (QED) is 0.0619. The average molecular weight is 695 g/mol. The Balaban J connectivity index is 0.000000259. The number of benzene rings is 3. The Labute approximate surface area is 303 Å². The number of aromatic nitrogens is 2. The first-order chi connectivity index (χ1) is 24.9. The normalized spacial score (nSPS) is 10.1. The summed E-state index contributed by atoms with van der Waals surface area (Å²) < 4.78 is 22.9. The van der Waals surface area contributed by atoms with Gasteiger partial charge in [0.15, 0.2) is 50.6 Å². The molecule has 0 fully saturated rings. The third-order valence-electron chi connectivity index (χ3n) is 6.80. The molecular formula is C41H56N7O3+3. The highest BCUT2D eigenvalue weighted by molar-refractivity contribution is 5.60. The lowest BCUT2D eigenvalue weighted by Crippen LogP contribution is -2.35. The molecule has 0 saturated carbocycles. The minimum absolute atomic E-state index is 0.572. The van der Waals surface area contributed by atoms with E-state index >= 15 is 0 Å². The van der Waals surface area contributed by atoms with Crippen LogP contribution in [0.25, 0.3) is 0 Å². The van der Waals surface area contributed by atoms with Crippen molar-refractivity contribution in [3.05, 3.63) is 141 Å². The average Bonchev–Trinajstić information content (AvgIpc) is 3.14. The summed E-state index contributed by atoms with van der Waals surface area (Å²) in [7, 11) is 0. The van der Waals surface area contributed by atoms with Crippen LogP contribution in [-0.2, 0) is 13.1 Å². The monoisotopic (exact) mass is 694 g/mol. The molecule has 10 nitrogen and oxygen atoms in total. The summed E-state index contributed by atoms with van der Waals surface area (Å²) in [6.07, 6.45) is 12.9. The van der Waals surface area contributed by atoms with Gasteiger partial charge in [-0.1, -0.05) is 45.0 Å². The smallest absolute Gasteiger partial charge is 0.182 e. The predicted molar refractivity (Wildman–Crippen MR) is 210 cm³/mol.